The molecule has 4 nitrogen and oxygen atoms in total. The van der Waals surface area contributed by atoms with Crippen molar-refractivity contribution in [1.29, 1.82) is 0 Å². The minimum atomic E-state index is 0.329. The number of aryl methyl sites for hydroxylation is 2. The molecule has 2 aromatic heterocycles. The zero-order valence-electron chi connectivity index (χ0n) is 15.1. The van der Waals surface area contributed by atoms with Crippen LogP contribution in [0.3, 0.4) is 0 Å². The van der Waals surface area contributed by atoms with Crippen LogP contribution in [0.5, 0.6) is 0 Å². The lowest BCUT2D eigenvalue weighted by molar-refractivity contribution is 0.218. The topological polar surface area (TPSA) is 33.1 Å². The van der Waals surface area contributed by atoms with Gasteiger partial charge >= 0.3 is 0 Å². The summed E-state index contributed by atoms with van der Waals surface area (Å²) in [6, 6.07) is 12.0. The van der Waals surface area contributed by atoms with E-state index in [1.165, 1.54) is 33.3 Å². The van der Waals surface area contributed by atoms with Gasteiger partial charge in [0.25, 0.3) is 0 Å². The summed E-state index contributed by atoms with van der Waals surface area (Å²) in [5.41, 5.74) is 8.15. The second kappa shape index (κ2) is 5.41. The van der Waals surface area contributed by atoms with Crippen LogP contribution in [-0.2, 0) is 13.1 Å². The third-order valence-corrected chi connectivity index (χ3v) is 5.71. The number of rotatable bonds is 1. The maximum Gasteiger partial charge on any atom is 0.0613 e. The van der Waals surface area contributed by atoms with Crippen molar-refractivity contribution in [1.82, 2.24) is 19.8 Å². The van der Waals surface area contributed by atoms with E-state index in [0.717, 1.165) is 25.3 Å². The lowest BCUT2D eigenvalue weighted by Gasteiger charge is -2.39. The normalized spacial score (nSPS) is 23.0. The monoisotopic (exact) mass is 332 g/mol. The Morgan fingerprint density at radius 3 is 2.80 bits per heavy atom. The molecule has 2 aliphatic rings. The van der Waals surface area contributed by atoms with E-state index in [2.05, 4.69) is 71.0 Å². The molecular formula is C21H24N4. The summed E-state index contributed by atoms with van der Waals surface area (Å²) in [5.74, 6) is 0. The van der Waals surface area contributed by atoms with Gasteiger partial charge in [-0.25, -0.2) is 0 Å². The van der Waals surface area contributed by atoms with E-state index in [-0.39, 0.29) is 0 Å². The Labute approximate surface area is 148 Å². The molecule has 4 heteroatoms. The lowest BCUT2D eigenvalue weighted by Crippen LogP contribution is -2.44. The van der Waals surface area contributed by atoms with E-state index in [9.17, 15) is 0 Å². The maximum atomic E-state index is 4.36. The highest BCUT2D eigenvalue weighted by molar-refractivity contribution is 5.87. The van der Waals surface area contributed by atoms with Crippen molar-refractivity contribution in [3.05, 3.63) is 64.6 Å². The Kier molecular flexibility index (Phi) is 3.27. The zero-order valence-corrected chi connectivity index (χ0v) is 15.1. The number of aromatic nitrogens is 2. The third kappa shape index (κ3) is 2.32. The summed E-state index contributed by atoms with van der Waals surface area (Å²) in [5, 5.41) is 5.34. The first-order chi connectivity index (χ1) is 12.1. The fourth-order valence-corrected chi connectivity index (χ4v) is 4.65. The molecule has 1 N–H and O–H groups in total. The Bertz CT molecular complexity index is 971. The van der Waals surface area contributed by atoms with Crippen LogP contribution in [0.4, 0.5) is 0 Å². The maximum absolute atomic E-state index is 4.36. The van der Waals surface area contributed by atoms with E-state index in [4.69, 9.17) is 0 Å². The van der Waals surface area contributed by atoms with Crippen molar-refractivity contribution in [2.24, 2.45) is 0 Å². The van der Waals surface area contributed by atoms with Crippen LogP contribution < -0.4 is 5.32 Å². The van der Waals surface area contributed by atoms with Gasteiger partial charge in [0.15, 0.2) is 0 Å². The minimum Gasteiger partial charge on any atom is -0.341 e. The van der Waals surface area contributed by atoms with E-state index in [1.807, 2.05) is 6.20 Å². The zero-order chi connectivity index (χ0) is 17.1. The van der Waals surface area contributed by atoms with Gasteiger partial charge in [-0.3, -0.25) is 10.3 Å². The van der Waals surface area contributed by atoms with Crippen molar-refractivity contribution < 1.29 is 0 Å². The third-order valence-electron chi connectivity index (χ3n) is 5.71. The molecule has 1 aromatic carbocycles. The van der Waals surface area contributed by atoms with Crippen LogP contribution in [0.25, 0.3) is 10.9 Å². The Morgan fingerprint density at radius 1 is 1.08 bits per heavy atom. The molecule has 25 heavy (non-hydrogen) atoms. The standard InChI is InChI=1S/C21H24N4/c1-13-4-5-20-16(8-13)17-10-24(3)11-19-21(17)25(20)12-18(23-19)15-6-7-22-14(2)9-15/h4-9,18-19,23H,10-12H2,1-3H3. The molecule has 5 rings (SSSR count). The van der Waals surface area contributed by atoms with Gasteiger partial charge in [-0.05, 0) is 56.3 Å². The highest BCUT2D eigenvalue weighted by Crippen LogP contribution is 2.40. The number of nitrogens with one attached hydrogen (secondary N) is 1. The molecule has 0 aliphatic carbocycles. The molecule has 0 radical (unpaired) electrons. The van der Waals surface area contributed by atoms with Crippen LogP contribution in [0, 0.1) is 13.8 Å². The number of benzene rings is 1. The van der Waals surface area contributed by atoms with E-state index < -0.39 is 0 Å². The summed E-state index contributed by atoms with van der Waals surface area (Å²) in [4.78, 5) is 6.80. The molecule has 0 spiro atoms. The minimum absolute atomic E-state index is 0.329. The first-order valence-electron chi connectivity index (χ1n) is 9.09. The summed E-state index contributed by atoms with van der Waals surface area (Å²) >= 11 is 0. The van der Waals surface area contributed by atoms with Gasteiger partial charge in [0.2, 0.25) is 0 Å². The van der Waals surface area contributed by atoms with E-state index in [1.54, 1.807) is 0 Å². The fourth-order valence-electron chi connectivity index (χ4n) is 4.65. The molecule has 2 unspecified atom stereocenters. The number of hydrogen-bond donors (Lipinski definition) is 1. The van der Waals surface area contributed by atoms with Crippen molar-refractivity contribution in [3.63, 3.8) is 0 Å². The van der Waals surface area contributed by atoms with Gasteiger partial charge in [0.05, 0.1) is 12.1 Å². The van der Waals surface area contributed by atoms with Gasteiger partial charge in [0, 0.05) is 48.1 Å². The molecule has 0 bridgehead atoms. The number of pyridine rings is 1. The number of fused-ring (bicyclic) bond motifs is 3. The molecule has 2 atom stereocenters. The Morgan fingerprint density at radius 2 is 1.96 bits per heavy atom. The van der Waals surface area contributed by atoms with Crippen molar-refractivity contribution >= 4 is 10.9 Å². The number of nitrogens with zero attached hydrogens (tertiary/aromatic N) is 3. The van der Waals surface area contributed by atoms with Gasteiger partial charge in [0.1, 0.15) is 0 Å². The summed E-state index contributed by atoms with van der Waals surface area (Å²) in [6.45, 7) is 7.34. The van der Waals surface area contributed by atoms with E-state index >= 15 is 0 Å². The van der Waals surface area contributed by atoms with Crippen LogP contribution in [0.15, 0.2) is 36.5 Å². The molecule has 2 aliphatic heterocycles. The second-order valence-electron chi connectivity index (χ2n) is 7.69. The van der Waals surface area contributed by atoms with Crippen LogP contribution in [-0.4, -0.2) is 28.0 Å². The van der Waals surface area contributed by atoms with E-state index in [0.29, 0.717) is 12.1 Å². The average Bonchev–Trinajstić information content (AvgIpc) is 2.89. The molecule has 0 saturated carbocycles. The van der Waals surface area contributed by atoms with Gasteiger partial charge in [-0.15, -0.1) is 0 Å². The molecule has 3 aromatic rings. The van der Waals surface area contributed by atoms with Gasteiger partial charge in [-0.1, -0.05) is 11.6 Å². The first kappa shape index (κ1) is 15.1. The molecule has 0 saturated heterocycles. The molecule has 0 amide bonds. The molecule has 4 heterocycles. The number of hydrogen-bond acceptors (Lipinski definition) is 3. The summed E-state index contributed by atoms with van der Waals surface area (Å²) in [6.07, 6.45) is 1.93. The Balaban J connectivity index is 1.69. The summed E-state index contributed by atoms with van der Waals surface area (Å²) < 4.78 is 2.57. The molecular weight excluding hydrogens is 308 g/mol. The van der Waals surface area contributed by atoms with Crippen molar-refractivity contribution in [3.8, 4) is 0 Å². The van der Waals surface area contributed by atoms with Gasteiger partial charge in [-0.2, -0.15) is 0 Å². The smallest absolute Gasteiger partial charge is 0.0613 e. The predicted octanol–water partition coefficient (Wildman–Crippen LogP) is 3.48. The highest BCUT2D eigenvalue weighted by Gasteiger charge is 2.35. The number of likely N-dealkylation sites (N-methyl/N-ethyl adjacent to an activating group) is 1. The van der Waals surface area contributed by atoms with Crippen molar-refractivity contribution in [2.75, 3.05) is 13.6 Å². The predicted molar refractivity (Wildman–Crippen MR) is 101 cm³/mol. The first-order valence-corrected chi connectivity index (χ1v) is 9.09. The second-order valence-corrected chi connectivity index (χ2v) is 7.69. The average molecular weight is 332 g/mol. The molecule has 128 valence electrons. The van der Waals surface area contributed by atoms with Gasteiger partial charge < -0.3 is 9.47 Å². The van der Waals surface area contributed by atoms with Crippen LogP contribution in [0.1, 0.15) is 40.2 Å². The summed E-state index contributed by atoms with van der Waals surface area (Å²) in [7, 11) is 2.23. The van der Waals surface area contributed by atoms with Crippen molar-refractivity contribution in [2.45, 2.75) is 39.0 Å². The highest BCUT2D eigenvalue weighted by atomic mass is 15.2. The SMILES string of the molecule is Cc1ccc2c(c1)c1c3n2CC(c2ccnc(C)c2)NC3CN(C)C1. The quantitative estimate of drug-likeness (QED) is 0.740. The van der Waals surface area contributed by atoms with Crippen LogP contribution >= 0.6 is 0 Å². The largest absolute Gasteiger partial charge is 0.341 e. The Hall–Kier alpha value is -2.17. The fraction of sp³-hybridized carbons (Fsp3) is 0.381. The van der Waals surface area contributed by atoms with Crippen LogP contribution in [0.2, 0.25) is 0 Å². The molecule has 0 fully saturated rings. The lowest BCUT2D eigenvalue weighted by atomic mass is 9.96.